The van der Waals surface area contributed by atoms with E-state index in [0.717, 1.165) is 29.2 Å². The van der Waals surface area contributed by atoms with Crippen molar-refractivity contribution in [1.29, 1.82) is 5.26 Å². The van der Waals surface area contributed by atoms with Gasteiger partial charge in [0.15, 0.2) is 11.2 Å². The second kappa shape index (κ2) is 8.76. The van der Waals surface area contributed by atoms with E-state index < -0.39 is 6.10 Å². The predicted octanol–water partition coefficient (Wildman–Crippen LogP) is 4.69. The average Bonchev–Trinajstić information content (AvgIpc) is 3.28. The van der Waals surface area contributed by atoms with E-state index in [2.05, 4.69) is 41.4 Å². The van der Waals surface area contributed by atoms with Crippen molar-refractivity contribution in [2.24, 2.45) is 0 Å². The van der Waals surface area contributed by atoms with Gasteiger partial charge < -0.3 is 9.30 Å². The van der Waals surface area contributed by atoms with E-state index in [1.165, 1.54) is 11.3 Å². The molecule has 0 aliphatic heterocycles. The Bertz CT molecular complexity index is 1070. The zero-order valence-electron chi connectivity index (χ0n) is 16.6. The first-order chi connectivity index (χ1) is 13.9. The standard InChI is InChI=1S/C22H22N4O2S/c1-5-10-26-14(2)11-19(15(26)3)20-13-29-22(24-20)25-21(27)16(4)28-18-8-6-17(12-23)7-9-18/h5-9,11,13,16H,1,10H2,2-4H3,(H,24,25,27). The van der Waals surface area contributed by atoms with Gasteiger partial charge in [0, 0.05) is 28.9 Å². The molecule has 7 heteroatoms. The van der Waals surface area contributed by atoms with Crippen LogP contribution in [0, 0.1) is 25.2 Å². The number of allylic oxidation sites excluding steroid dienone is 1. The van der Waals surface area contributed by atoms with Crippen molar-refractivity contribution < 1.29 is 9.53 Å². The van der Waals surface area contributed by atoms with Crippen LogP contribution in [0.15, 0.2) is 48.4 Å². The maximum Gasteiger partial charge on any atom is 0.266 e. The highest BCUT2D eigenvalue weighted by Gasteiger charge is 2.18. The number of aromatic nitrogens is 2. The minimum atomic E-state index is -0.701. The number of nitrogens with zero attached hydrogens (tertiary/aromatic N) is 3. The van der Waals surface area contributed by atoms with Crippen LogP contribution in [0.4, 0.5) is 5.13 Å². The van der Waals surface area contributed by atoms with Gasteiger partial charge >= 0.3 is 0 Å². The molecule has 0 fully saturated rings. The number of hydrogen-bond acceptors (Lipinski definition) is 5. The molecule has 29 heavy (non-hydrogen) atoms. The Balaban J connectivity index is 1.67. The molecule has 0 saturated carbocycles. The lowest BCUT2D eigenvalue weighted by molar-refractivity contribution is -0.122. The highest BCUT2D eigenvalue weighted by atomic mass is 32.1. The van der Waals surface area contributed by atoms with Crippen molar-refractivity contribution in [2.45, 2.75) is 33.4 Å². The maximum absolute atomic E-state index is 12.5. The molecule has 1 atom stereocenters. The molecule has 0 aliphatic carbocycles. The monoisotopic (exact) mass is 406 g/mol. The summed E-state index contributed by atoms with van der Waals surface area (Å²) in [7, 11) is 0. The third-order valence-electron chi connectivity index (χ3n) is 4.56. The van der Waals surface area contributed by atoms with E-state index in [9.17, 15) is 4.79 Å². The number of hydrogen-bond donors (Lipinski definition) is 1. The first kappa shape index (κ1) is 20.4. The second-order valence-electron chi connectivity index (χ2n) is 6.61. The summed E-state index contributed by atoms with van der Waals surface area (Å²) in [5.41, 5.74) is 4.66. The van der Waals surface area contributed by atoms with Gasteiger partial charge in [-0.1, -0.05) is 6.08 Å². The number of benzene rings is 1. The van der Waals surface area contributed by atoms with Gasteiger partial charge in [0.2, 0.25) is 0 Å². The molecule has 148 valence electrons. The maximum atomic E-state index is 12.5. The van der Waals surface area contributed by atoms with Crippen molar-refractivity contribution in [2.75, 3.05) is 5.32 Å². The van der Waals surface area contributed by atoms with Crippen LogP contribution in [0.25, 0.3) is 11.3 Å². The fraction of sp³-hybridized carbons (Fsp3) is 0.227. The molecule has 2 heterocycles. The molecule has 1 aromatic carbocycles. The summed E-state index contributed by atoms with van der Waals surface area (Å²) in [6.07, 6.45) is 1.17. The first-order valence-corrected chi connectivity index (χ1v) is 10.0. The van der Waals surface area contributed by atoms with Crippen LogP contribution in [0.5, 0.6) is 5.75 Å². The van der Waals surface area contributed by atoms with Gasteiger partial charge in [0.1, 0.15) is 5.75 Å². The zero-order valence-corrected chi connectivity index (χ0v) is 17.4. The summed E-state index contributed by atoms with van der Waals surface area (Å²) in [5, 5.41) is 14.1. The number of carbonyl (C=O) groups is 1. The number of nitrogens with one attached hydrogen (secondary N) is 1. The van der Waals surface area contributed by atoms with Crippen molar-refractivity contribution >= 4 is 22.4 Å². The average molecular weight is 407 g/mol. The number of amides is 1. The van der Waals surface area contributed by atoms with E-state index >= 15 is 0 Å². The SMILES string of the molecule is C=CCn1c(C)cc(-c2csc(NC(=O)C(C)Oc3ccc(C#N)cc3)n2)c1C. The van der Waals surface area contributed by atoms with Crippen LogP contribution < -0.4 is 10.1 Å². The van der Waals surface area contributed by atoms with Crippen LogP contribution in [0.2, 0.25) is 0 Å². The summed E-state index contributed by atoms with van der Waals surface area (Å²) < 4.78 is 7.82. The van der Waals surface area contributed by atoms with Crippen LogP contribution in [0.3, 0.4) is 0 Å². The Morgan fingerprint density at radius 3 is 2.79 bits per heavy atom. The zero-order chi connectivity index (χ0) is 21.0. The summed E-state index contributed by atoms with van der Waals surface area (Å²) in [5.74, 6) is 0.244. The fourth-order valence-corrected chi connectivity index (χ4v) is 3.71. The molecule has 1 amide bonds. The molecular formula is C22H22N4O2S. The van der Waals surface area contributed by atoms with E-state index in [1.807, 2.05) is 17.5 Å². The predicted molar refractivity (Wildman–Crippen MR) is 115 cm³/mol. The number of anilines is 1. The number of aryl methyl sites for hydroxylation is 1. The summed E-state index contributed by atoms with van der Waals surface area (Å²) in [4.78, 5) is 17.0. The molecule has 3 aromatic rings. The molecule has 1 N–H and O–H groups in total. The third-order valence-corrected chi connectivity index (χ3v) is 5.32. The number of thiazole rings is 1. The van der Waals surface area contributed by atoms with Crippen molar-refractivity contribution in [3.05, 3.63) is 65.3 Å². The molecule has 0 saturated heterocycles. The number of nitriles is 1. The summed E-state index contributed by atoms with van der Waals surface area (Å²) in [6.45, 7) is 10.3. The van der Waals surface area contributed by atoms with E-state index in [0.29, 0.717) is 16.4 Å². The highest BCUT2D eigenvalue weighted by molar-refractivity contribution is 7.14. The first-order valence-electron chi connectivity index (χ1n) is 9.14. The van der Waals surface area contributed by atoms with Crippen LogP contribution in [-0.4, -0.2) is 21.6 Å². The molecule has 0 bridgehead atoms. The third kappa shape index (κ3) is 4.55. The van der Waals surface area contributed by atoms with E-state index in [4.69, 9.17) is 10.00 Å². The minimum absolute atomic E-state index is 0.285. The molecule has 2 aromatic heterocycles. The summed E-state index contributed by atoms with van der Waals surface area (Å²) in [6, 6.07) is 10.8. The summed E-state index contributed by atoms with van der Waals surface area (Å²) >= 11 is 1.37. The Morgan fingerprint density at radius 1 is 1.41 bits per heavy atom. The smallest absolute Gasteiger partial charge is 0.266 e. The Morgan fingerprint density at radius 2 is 2.14 bits per heavy atom. The van der Waals surface area contributed by atoms with Crippen molar-refractivity contribution in [1.82, 2.24) is 9.55 Å². The van der Waals surface area contributed by atoms with Gasteiger partial charge in [-0.05, 0) is 51.1 Å². The normalized spacial score (nSPS) is 11.5. The van der Waals surface area contributed by atoms with E-state index in [-0.39, 0.29) is 5.91 Å². The van der Waals surface area contributed by atoms with Crippen LogP contribution in [-0.2, 0) is 11.3 Å². The lowest BCUT2D eigenvalue weighted by atomic mass is 10.2. The fourth-order valence-electron chi connectivity index (χ4n) is 3.00. The molecule has 0 spiro atoms. The van der Waals surface area contributed by atoms with Crippen molar-refractivity contribution in [3.63, 3.8) is 0 Å². The van der Waals surface area contributed by atoms with E-state index in [1.54, 1.807) is 31.2 Å². The Labute approximate surface area is 174 Å². The lowest BCUT2D eigenvalue weighted by Gasteiger charge is -2.13. The Hall–Kier alpha value is -3.37. The van der Waals surface area contributed by atoms with Gasteiger partial charge in [-0.25, -0.2) is 4.98 Å². The van der Waals surface area contributed by atoms with Crippen molar-refractivity contribution in [3.8, 4) is 23.1 Å². The largest absolute Gasteiger partial charge is 0.481 e. The molecule has 3 rings (SSSR count). The molecule has 6 nitrogen and oxygen atoms in total. The topological polar surface area (TPSA) is 79.9 Å². The van der Waals surface area contributed by atoms with Crippen LogP contribution >= 0.6 is 11.3 Å². The van der Waals surface area contributed by atoms with Gasteiger partial charge in [0.05, 0.1) is 17.3 Å². The van der Waals surface area contributed by atoms with Gasteiger partial charge in [-0.15, -0.1) is 17.9 Å². The molecule has 1 unspecified atom stereocenters. The number of ether oxygens (including phenoxy) is 1. The minimum Gasteiger partial charge on any atom is -0.481 e. The molecule has 0 aliphatic rings. The lowest BCUT2D eigenvalue weighted by Crippen LogP contribution is -2.30. The number of carbonyl (C=O) groups excluding carboxylic acids is 1. The quantitative estimate of drug-likeness (QED) is 0.577. The highest BCUT2D eigenvalue weighted by Crippen LogP contribution is 2.30. The number of rotatable bonds is 7. The van der Waals surface area contributed by atoms with Gasteiger partial charge in [0.25, 0.3) is 5.91 Å². The molecular weight excluding hydrogens is 384 g/mol. The second-order valence-corrected chi connectivity index (χ2v) is 7.47. The Kier molecular flexibility index (Phi) is 6.15. The molecule has 0 radical (unpaired) electrons. The van der Waals surface area contributed by atoms with Gasteiger partial charge in [-0.2, -0.15) is 5.26 Å². The van der Waals surface area contributed by atoms with Gasteiger partial charge in [-0.3, -0.25) is 10.1 Å². The van der Waals surface area contributed by atoms with Crippen LogP contribution in [0.1, 0.15) is 23.9 Å².